The first-order valence-corrected chi connectivity index (χ1v) is 9.43. The number of nitrogens with two attached hydrogens (primary N) is 1. The van der Waals surface area contributed by atoms with Crippen molar-refractivity contribution >= 4 is 19.6 Å². The summed E-state index contributed by atoms with van der Waals surface area (Å²) in [6.07, 6.45) is -0.115. The van der Waals surface area contributed by atoms with Crippen molar-refractivity contribution in [2.24, 2.45) is 5.73 Å². The van der Waals surface area contributed by atoms with Gasteiger partial charge in [0.15, 0.2) is 0 Å². The van der Waals surface area contributed by atoms with E-state index in [0.717, 1.165) is 4.90 Å². The van der Waals surface area contributed by atoms with E-state index in [9.17, 15) is 13.8 Å². The fourth-order valence-corrected chi connectivity index (χ4v) is 2.97. The minimum absolute atomic E-state index is 0.0234. The van der Waals surface area contributed by atoms with Crippen LogP contribution >= 0.6 is 7.82 Å². The monoisotopic (exact) mass is 397 g/mol. The van der Waals surface area contributed by atoms with E-state index >= 15 is 0 Å². The number of hydrogen-bond donors (Lipinski definition) is 3. The van der Waals surface area contributed by atoms with Crippen molar-refractivity contribution < 1.29 is 32.8 Å². The Labute approximate surface area is 153 Å². The molecule has 1 fully saturated rings. The third-order valence-electron chi connectivity index (χ3n) is 3.91. The van der Waals surface area contributed by atoms with E-state index in [4.69, 9.17) is 20.3 Å². The molecule has 1 saturated heterocycles. The van der Waals surface area contributed by atoms with E-state index < -0.39 is 32.4 Å². The highest BCUT2D eigenvalue weighted by atomic mass is 31.2. The van der Waals surface area contributed by atoms with Crippen molar-refractivity contribution in [3.8, 4) is 11.1 Å². The fourth-order valence-electron chi connectivity index (χ4n) is 2.61. The maximum atomic E-state index is 14.5. The van der Waals surface area contributed by atoms with Crippen molar-refractivity contribution in [2.45, 2.75) is 12.6 Å². The molecule has 2 aromatic rings. The Morgan fingerprint density at radius 1 is 1.37 bits per heavy atom. The second kappa shape index (κ2) is 7.71. The first-order valence-electron chi connectivity index (χ1n) is 7.90. The highest BCUT2D eigenvalue weighted by Gasteiger charge is 2.34. The van der Waals surface area contributed by atoms with Crippen LogP contribution in [0.4, 0.5) is 14.9 Å². The van der Waals surface area contributed by atoms with Crippen LogP contribution in [0.15, 0.2) is 36.5 Å². The van der Waals surface area contributed by atoms with Crippen LogP contribution in [-0.2, 0) is 20.4 Å². The Bertz CT molecular complexity index is 888. The number of nitrogens with zero attached hydrogens (tertiary/aromatic N) is 2. The van der Waals surface area contributed by atoms with Crippen LogP contribution < -0.4 is 10.6 Å². The molecule has 144 valence electrons. The lowest BCUT2D eigenvalue weighted by atomic mass is 10.1. The first-order chi connectivity index (χ1) is 12.8. The van der Waals surface area contributed by atoms with Crippen molar-refractivity contribution in [1.82, 2.24) is 4.98 Å². The number of ether oxygens (including phenoxy) is 1. The summed E-state index contributed by atoms with van der Waals surface area (Å²) >= 11 is 0. The summed E-state index contributed by atoms with van der Waals surface area (Å²) in [6, 6.07) is 7.64. The summed E-state index contributed by atoms with van der Waals surface area (Å²) in [5.74, 6) is -0.558. The van der Waals surface area contributed by atoms with Crippen LogP contribution in [0.3, 0.4) is 0 Å². The Balaban J connectivity index is 1.75. The maximum absolute atomic E-state index is 14.5. The first kappa shape index (κ1) is 19.4. The largest absolute Gasteiger partial charge is 0.469 e. The highest BCUT2D eigenvalue weighted by molar-refractivity contribution is 7.46. The van der Waals surface area contributed by atoms with Gasteiger partial charge in [0.25, 0.3) is 0 Å². The predicted octanol–water partition coefficient (Wildman–Crippen LogP) is 1.78. The Morgan fingerprint density at radius 3 is 2.74 bits per heavy atom. The van der Waals surface area contributed by atoms with Gasteiger partial charge < -0.3 is 20.3 Å². The zero-order chi connectivity index (χ0) is 19.6. The molecular weight excluding hydrogens is 380 g/mol. The number of aromatic nitrogens is 1. The number of benzene rings is 1. The second-order valence-electron chi connectivity index (χ2n) is 5.81. The third kappa shape index (κ3) is 4.68. The lowest BCUT2D eigenvalue weighted by Gasteiger charge is -2.14. The number of carbonyl (C=O) groups is 1. The van der Waals surface area contributed by atoms with E-state index in [0.29, 0.717) is 16.8 Å². The zero-order valence-electron chi connectivity index (χ0n) is 14.0. The number of pyridine rings is 1. The van der Waals surface area contributed by atoms with Crippen molar-refractivity contribution in [3.05, 3.63) is 48.0 Å². The lowest BCUT2D eigenvalue weighted by Crippen LogP contribution is -2.25. The number of amides is 1. The normalized spacial score (nSPS) is 17.3. The molecule has 1 aromatic carbocycles. The molecule has 0 aliphatic carbocycles. The number of phosphoric acid groups is 1. The van der Waals surface area contributed by atoms with Crippen molar-refractivity contribution in [2.75, 3.05) is 18.1 Å². The van der Waals surface area contributed by atoms with Gasteiger partial charge in [-0.3, -0.25) is 14.4 Å². The molecule has 2 heterocycles. The van der Waals surface area contributed by atoms with Crippen LogP contribution in [0.1, 0.15) is 5.69 Å². The third-order valence-corrected chi connectivity index (χ3v) is 4.40. The Hall–Kier alpha value is -2.36. The molecule has 1 aromatic heterocycles. The summed E-state index contributed by atoms with van der Waals surface area (Å²) in [6.45, 7) is -0.206. The van der Waals surface area contributed by atoms with Gasteiger partial charge in [-0.05, 0) is 24.3 Å². The summed E-state index contributed by atoms with van der Waals surface area (Å²) in [5.41, 5.74) is 7.30. The highest BCUT2D eigenvalue weighted by Crippen LogP contribution is 2.36. The van der Waals surface area contributed by atoms with E-state index in [1.165, 1.54) is 18.3 Å². The molecule has 0 spiro atoms. The molecule has 3 rings (SSSR count). The van der Waals surface area contributed by atoms with Gasteiger partial charge in [0.05, 0.1) is 24.5 Å². The number of cyclic esters (lactones) is 1. The molecule has 4 N–H and O–H groups in total. The van der Waals surface area contributed by atoms with E-state index in [1.54, 1.807) is 18.2 Å². The molecule has 1 aliphatic heterocycles. The predicted molar refractivity (Wildman–Crippen MR) is 93.1 cm³/mol. The molecular formula is C16H17FN3O6P. The average Bonchev–Trinajstić information content (AvgIpc) is 3.00. The van der Waals surface area contributed by atoms with Crippen molar-refractivity contribution in [1.29, 1.82) is 0 Å². The zero-order valence-corrected chi connectivity index (χ0v) is 14.9. The number of halogens is 1. The van der Waals surface area contributed by atoms with Gasteiger partial charge in [-0.25, -0.2) is 13.8 Å². The van der Waals surface area contributed by atoms with E-state index in [1.807, 2.05) is 0 Å². The number of hydrogen-bond acceptors (Lipinski definition) is 6. The van der Waals surface area contributed by atoms with E-state index in [2.05, 4.69) is 9.51 Å². The van der Waals surface area contributed by atoms with Crippen LogP contribution in [0, 0.1) is 5.82 Å². The topological polar surface area (TPSA) is 135 Å². The Morgan fingerprint density at radius 2 is 2.15 bits per heavy atom. The van der Waals surface area contributed by atoms with Gasteiger partial charge in [-0.2, -0.15) is 0 Å². The Kier molecular flexibility index (Phi) is 5.54. The molecule has 0 saturated carbocycles. The standard InChI is InChI=1S/C16H17FN3O6P/c17-15-5-12(3-4-14(15)10-1-2-11(6-18)19-7-10)20-8-13(26-16(20)21)9-25-27(22,23)24/h1-5,7,13H,6,8-9,18H2,(H2,22,23,24). The molecule has 1 amide bonds. The number of phosphoric ester groups is 1. The summed E-state index contributed by atoms with van der Waals surface area (Å²) < 4.78 is 34.6. The molecule has 11 heteroatoms. The smallest absolute Gasteiger partial charge is 0.441 e. The van der Waals surface area contributed by atoms with Crippen LogP contribution in [-0.4, -0.2) is 40.1 Å². The number of rotatable bonds is 6. The number of anilines is 1. The van der Waals surface area contributed by atoms with E-state index in [-0.39, 0.29) is 18.8 Å². The molecule has 1 aliphatic rings. The molecule has 0 bridgehead atoms. The quantitative estimate of drug-likeness (QED) is 0.628. The minimum Gasteiger partial charge on any atom is -0.441 e. The molecule has 0 radical (unpaired) electrons. The van der Waals surface area contributed by atoms with Crippen LogP contribution in [0.2, 0.25) is 0 Å². The van der Waals surface area contributed by atoms with Crippen molar-refractivity contribution in [3.63, 3.8) is 0 Å². The van der Waals surface area contributed by atoms with Gasteiger partial charge in [-0.1, -0.05) is 6.07 Å². The summed E-state index contributed by atoms with van der Waals surface area (Å²) in [7, 11) is -4.67. The lowest BCUT2D eigenvalue weighted by molar-refractivity contribution is 0.0880. The van der Waals surface area contributed by atoms with Crippen LogP contribution in [0.5, 0.6) is 0 Å². The van der Waals surface area contributed by atoms with Gasteiger partial charge in [0.1, 0.15) is 11.9 Å². The molecule has 1 atom stereocenters. The molecule has 9 nitrogen and oxygen atoms in total. The van der Waals surface area contributed by atoms with Gasteiger partial charge in [0.2, 0.25) is 0 Å². The number of carbonyl (C=O) groups excluding carboxylic acids is 1. The summed E-state index contributed by atoms with van der Waals surface area (Å²) in [4.78, 5) is 34.7. The van der Waals surface area contributed by atoms with Crippen LogP contribution in [0.25, 0.3) is 11.1 Å². The van der Waals surface area contributed by atoms with Gasteiger partial charge in [0, 0.05) is 23.9 Å². The molecule has 1 unspecified atom stereocenters. The minimum atomic E-state index is -4.67. The second-order valence-corrected chi connectivity index (χ2v) is 7.05. The fraction of sp³-hybridized carbons (Fsp3) is 0.250. The molecule has 27 heavy (non-hydrogen) atoms. The van der Waals surface area contributed by atoms with Gasteiger partial charge in [-0.15, -0.1) is 0 Å². The summed E-state index contributed by atoms with van der Waals surface area (Å²) in [5, 5.41) is 0. The van der Waals surface area contributed by atoms with Gasteiger partial charge >= 0.3 is 13.9 Å². The average molecular weight is 397 g/mol. The SMILES string of the molecule is NCc1ccc(-c2ccc(N3CC(COP(=O)(O)O)OC3=O)cc2F)cn1. The maximum Gasteiger partial charge on any atom is 0.469 e.